The molecule has 1 fully saturated rings. The molecular weight excluding hydrogens is 198 g/mol. The Kier molecular flexibility index (Phi) is 3.22. The van der Waals surface area contributed by atoms with E-state index in [4.69, 9.17) is 0 Å². The average molecular weight is 219 g/mol. The third kappa shape index (κ3) is 2.57. The Morgan fingerprint density at radius 3 is 2.38 bits per heavy atom. The molecule has 1 heterocycles. The van der Waals surface area contributed by atoms with E-state index in [0.717, 1.165) is 11.6 Å². The second-order valence-electron chi connectivity index (χ2n) is 5.75. The van der Waals surface area contributed by atoms with Crippen LogP contribution < -0.4 is 0 Å². The van der Waals surface area contributed by atoms with Crippen LogP contribution >= 0.6 is 0 Å². The van der Waals surface area contributed by atoms with Gasteiger partial charge in [0.25, 0.3) is 0 Å². The summed E-state index contributed by atoms with van der Waals surface area (Å²) in [6.45, 7) is 6.44. The van der Waals surface area contributed by atoms with E-state index < -0.39 is 0 Å². The molecule has 1 aromatic rings. The van der Waals surface area contributed by atoms with Crippen LogP contribution in [0.3, 0.4) is 0 Å². The standard InChI is InChI=1S/C13H21N3/c1-13(2,3)12-15-9-14-11(16-12)10-7-5-4-6-8-10/h9-10H,4-8H2,1-3H3. The summed E-state index contributed by atoms with van der Waals surface area (Å²) in [7, 11) is 0. The van der Waals surface area contributed by atoms with Gasteiger partial charge in [-0.2, -0.15) is 0 Å². The van der Waals surface area contributed by atoms with E-state index in [1.165, 1.54) is 32.1 Å². The van der Waals surface area contributed by atoms with E-state index >= 15 is 0 Å². The molecule has 0 saturated heterocycles. The van der Waals surface area contributed by atoms with Gasteiger partial charge in [0.15, 0.2) is 0 Å². The number of nitrogens with zero attached hydrogens (tertiary/aromatic N) is 3. The summed E-state index contributed by atoms with van der Waals surface area (Å²) in [4.78, 5) is 13.3. The molecule has 0 radical (unpaired) electrons. The van der Waals surface area contributed by atoms with Crippen LogP contribution in [0.5, 0.6) is 0 Å². The van der Waals surface area contributed by atoms with Gasteiger partial charge in [0.05, 0.1) is 0 Å². The minimum Gasteiger partial charge on any atom is -0.221 e. The molecule has 0 N–H and O–H groups in total. The Labute approximate surface area is 97.7 Å². The molecule has 0 aliphatic heterocycles. The van der Waals surface area contributed by atoms with Crippen LogP contribution in [-0.4, -0.2) is 15.0 Å². The van der Waals surface area contributed by atoms with Crippen molar-refractivity contribution in [3.63, 3.8) is 0 Å². The molecule has 1 aliphatic carbocycles. The Morgan fingerprint density at radius 2 is 1.75 bits per heavy atom. The van der Waals surface area contributed by atoms with Crippen molar-refractivity contribution in [3.05, 3.63) is 18.0 Å². The van der Waals surface area contributed by atoms with Crippen molar-refractivity contribution in [3.8, 4) is 0 Å². The average Bonchev–Trinajstić information content (AvgIpc) is 2.29. The lowest BCUT2D eigenvalue weighted by atomic mass is 9.88. The lowest BCUT2D eigenvalue weighted by molar-refractivity contribution is 0.421. The maximum absolute atomic E-state index is 4.65. The Hall–Kier alpha value is -0.990. The molecule has 0 atom stereocenters. The summed E-state index contributed by atoms with van der Waals surface area (Å²) in [5, 5.41) is 0. The predicted octanol–water partition coefficient (Wildman–Crippen LogP) is 3.22. The molecule has 1 saturated carbocycles. The van der Waals surface area contributed by atoms with Crippen LogP contribution in [0.2, 0.25) is 0 Å². The summed E-state index contributed by atoms with van der Waals surface area (Å²) in [6, 6.07) is 0. The highest BCUT2D eigenvalue weighted by molar-refractivity contribution is 5.05. The number of hydrogen-bond acceptors (Lipinski definition) is 3. The molecule has 3 heteroatoms. The van der Waals surface area contributed by atoms with E-state index in [-0.39, 0.29) is 5.41 Å². The van der Waals surface area contributed by atoms with Crippen LogP contribution in [-0.2, 0) is 5.41 Å². The summed E-state index contributed by atoms with van der Waals surface area (Å²) in [6.07, 6.45) is 8.18. The summed E-state index contributed by atoms with van der Waals surface area (Å²) in [5.41, 5.74) is 0.0202. The van der Waals surface area contributed by atoms with Crippen molar-refractivity contribution < 1.29 is 0 Å². The molecule has 2 rings (SSSR count). The van der Waals surface area contributed by atoms with Gasteiger partial charge in [-0.1, -0.05) is 40.0 Å². The molecule has 0 amide bonds. The van der Waals surface area contributed by atoms with Gasteiger partial charge in [-0.05, 0) is 12.8 Å². The highest BCUT2D eigenvalue weighted by atomic mass is 15.0. The zero-order valence-electron chi connectivity index (χ0n) is 10.5. The van der Waals surface area contributed by atoms with E-state index in [2.05, 4.69) is 35.7 Å². The number of rotatable bonds is 1. The molecule has 3 nitrogen and oxygen atoms in total. The van der Waals surface area contributed by atoms with Gasteiger partial charge in [-0.15, -0.1) is 0 Å². The Bertz CT molecular complexity index is 348. The Morgan fingerprint density at radius 1 is 1.06 bits per heavy atom. The van der Waals surface area contributed by atoms with Gasteiger partial charge < -0.3 is 0 Å². The Balaban J connectivity index is 2.21. The number of aromatic nitrogens is 3. The van der Waals surface area contributed by atoms with Crippen molar-refractivity contribution in [1.82, 2.24) is 15.0 Å². The van der Waals surface area contributed by atoms with Crippen molar-refractivity contribution in [2.45, 2.75) is 64.2 Å². The zero-order chi connectivity index (χ0) is 11.6. The largest absolute Gasteiger partial charge is 0.221 e. The van der Waals surface area contributed by atoms with E-state index in [0.29, 0.717) is 5.92 Å². The first-order chi connectivity index (χ1) is 7.57. The molecule has 0 unspecified atom stereocenters. The summed E-state index contributed by atoms with van der Waals surface area (Å²) < 4.78 is 0. The molecule has 0 bridgehead atoms. The van der Waals surface area contributed by atoms with Gasteiger partial charge >= 0.3 is 0 Å². The normalized spacial score (nSPS) is 18.7. The quantitative estimate of drug-likeness (QED) is 0.728. The van der Waals surface area contributed by atoms with E-state index in [1.807, 2.05) is 0 Å². The second-order valence-corrected chi connectivity index (χ2v) is 5.75. The summed E-state index contributed by atoms with van der Waals surface area (Å²) in [5.74, 6) is 2.50. The SMILES string of the molecule is CC(C)(C)c1ncnc(C2CCCCC2)n1. The smallest absolute Gasteiger partial charge is 0.137 e. The van der Waals surface area contributed by atoms with E-state index in [1.54, 1.807) is 6.33 Å². The maximum atomic E-state index is 4.65. The number of hydrogen-bond donors (Lipinski definition) is 0. The third-order valence-corrected chi connectivity index (χ3v) is 3.23. The fourth-order valence-electron chi connectivity index (χ4n) is 2.23. The van der Waals surface area contributed by atoms with Crippen molar-refractivity contribution >= 4 is 0 Å². The van der Waals surface area contributed by atoms with E-state index in [9.17, 15) is 0 Å². The van der Waals surface area contributed by atoms with Crippen LogP contribution in [0.4, 0.5) is 0 Å². The lowest BCUT2D eigenvalue weighted by Crippen LogP contribution is -2.19. The minimum absolute atomic E-state index is 0.0202. The first kappa shape index (κ1) is 11.5. The topological polar surface area (TPSA) is 38.7 Å². The minimum atomic E-state index is 0.0202. The van der Waals surface area contributed by atoms with Crippen LogP contribution in [0, 0.1) is 0 Å². The van der Waals surface area contributed by atoms with Crippen molar-refractivity contribution in [1.29, 1.82) is 0 Å². The molecule has 0 spiro atoms. The molecule has 1 aliphatic rings. The maximum Gasteiger partial charge on any atom is 0.137 e. The predicted molar refractivity (Wildman–Crippen MR) is 64.4 cm³/mol. The second kappa shape index (κ2) is 4.48. The highest BCUT2D eigenvalue weighted by Gasteiger charge is 2.22. The highest BCUT2D eigenvalue weighted by Crippen LogP contribution is 2.31. The van der Waals surface area contributed by atoms with Crippen LogP contribution in [0.1, 0.15) is 70.4 Å². The molecular formula is C13H21N3. The van der Waals surface area contributed by atoms with Crippen LogP contribution in [0.25, 0.3) is 0 Å². The van der Waals surface area contributed by atoms with Gasteiger partial charge in [0, 0.05) is 11.3 Å². The molecule has 88 valence electrons. The zero-order valence-corrected chi connectivity index (χ0v) is 10.5. The fourth-order valence-corrected chi connectivity index (χ4v) is 2.23. The first-order valence-electron chi connectivity index (χ1n) is 6.27. The van der Waals surface area contributed by atoms with Crippen molar-refractivity contribution in [2.24, 2.45) is 0 Å². The fraction of sp³-hybridized carbons (Fsp3) is 0.769. The van der Waals surface area contributed by atoms with Crippen LogP contribution in [0.15, 0.2) is 6.33 Å². The summed E-state index contributed by atoms with van der Waals surface area (Å²) >= 11 is 0. The van der Waals surface area contributed by atoms with Crippen molar-refractivity contribution in [2.75, 3.05) is 0 Å². The first-order valence-corrected chi connectivity index (χ1v) is 6.27. The third-order valence-electron chi connectivity index (χ3n) is 3.23. The lowest BCUT2D eigenvalue weighted by Gasteiger charge is -2.22. The molecule has 1 aromatic heterocycles. The van der Waals surface area contributed by atoms with Gasteiger partial charge in [-0.25, -0.2) is 15.0 Å². The van der Waals surface area contributed by atoms with Gasteiger partial charge in [-0.3, -0.25) is 0 Å². The molecule has 0 aromatic carbocycles. The molecule has 16 heavy (non-hydrogen) atoms. The van der Waals surface area contributed by atoms with Gasteiger partial charge in [0.1, 0.15) is 18.0 Å². The monoisotopic (exact) mass is 219 g/mol. The van der Waals surface area contributed by atoms with Gasteiger partial charge in [0.2, 0.25) is 0 Å².